The van der Waals surface area contributed by atoms with Gasteiger partial charge in [-0.25, -0.2) is 0 Å². The predicted molar refractivity (Wildman–Crippen MR) is 124 cm³/mol. The third-order valence-corrected chi connectivity index (χ3v) is 7.65. The number of nitrogens with zero attached hydrogens (tertiary/aromatic N) is 1. The van der Waals surface area contributed by atoms with Crippen LogP contribution in [-0.2, 0) is 6.42 Å². The third kappa shape index (κ3) is 6.21. The zero-order valence-electron chi connectivity index (χ0n) is 17.4. The highest BCUT2D eigenvalue weighted by atomic mass is 35.5. The Labute approximate surface area is 188 Å². The zero-order chi connectivity index (χ0) is 21.0. The minimum Gasteiger partial charge on any atom is -0.347 e. The number of halogens is 2. The van der Waals surface area contributed by atoms with Crippen LogP contribution in [0.25, 0.3) is 0 Å². The summed E-state index contributed by atoms with van der Waals surface area (Å²) in [5.74, 6) is 1.07. The fourth-order valence-electron chi connectivity index (χ4n) is 3.89. The molecule has 0 aliphatic carbocycles. The second kappa shape index (κ2) is 10.3. The van der Waals surface area contributed by atoms with Crippen LogP contribution in [0.2, 0.25) is 10.0 Å². The van der Waals surface area contributed by atoms with Gasteiger partial charge in [-0.1, -0.05) is 49.2 Å². The van der Waals surface area contributed by atoms with E-state index in [0.29, 0.717) is 21.9 Å². The number of piperidine rings is 1. The summed E-state index contributed by atoms with van der Waals surface area (Å²) in [6, 6.07) is 9.97. The smallest absolute Gasteiger partial charge is 0.261 e. The molecule has 29 heavy (non-hydrogen) atoms. The number of rotatable bonds is 7. The Morgan fingerprint density at radius 1 is 1.21 bits per heavy atom. The van der Waals surface area contributed by atoms with Gasteiger partial charge in [0, 0.05) is 17.5 Å². The van der Waals surface area contributed by atoms with E-state index in [0.717, 1.165) is 54.2 Å². The molecule has 1 fully saturated rings. The molecule has 0 spiro atoms. The number of amides is 1. The number of carbonyl (C=O) groups is 1. The summed E-state index contributed by atoms with van der Waals surface area (Å²) < 4.78 is 0. The quantitative estimate of drug-likeness (QED) is 0.552. The molecule has 1 aromatic heterocycles. The largest absolute Gasteiger partial charge is 0.347 e. The maximum atomic E-state index is 12.6. The van der Waals surface area contributed by atoms with E-state index < -0.39 is 0 Å². The molecule has 158 valence electrons. The molecular formula is C23H30Cl2N2OS. The first-order valence-corrected chi connectivity index (χ1v) is 11.9. The molecule has 0 radical (unpaired) electrons. The molecule has 0 bridgehead atoms. The monoisotopic (exact) mass is 452 g/mol. The van der Waals surface area contributed by atoms with Crippen LogP contribution in [-0.4, -0.2) is 36.5 Å². The molecule has 1 aliphatic rings. The number of benzene rings is 1. The van der Waals surface area contributed by atoms with E-state index in [1.165, 1.54) is 0 Å². The maximum Gasteiger partial charge on any atom is 0.261 e. The van der Waals surface area contributed by atoms with E-state index in [1.807, 2.05) is 31.2 Å². The number of hydrogen-bond donors (Lipinski definition) is 1. The Morgan fingerprint density at radius 3 is 2.55 bits per heavy atom. The van der Waals surface area contributed by atoms with Gasteiger partial charge < -0.3 is 10.2 Å². The maximum absolute atomic E-state index is 12.6. The van der Waals surface area contributed by atoms with Crippen LogP contribution in [0.3, 0.4) is 0 Å². The summed E-state index contributed by atoms with van der Waals surface area (Å²) in [4.78, 5) is 17.0. The standard InChI is InChI=1S/C23H30Cl2N2OS/c1-15(2)20(26-23(28)21-8-7-16(3)29-21)14-27-11-9-17(10-12-27)13-18-5-4-6-19(24)22(18)25/h4-8,15,17,20H,9-14H2,1-3H3,(H,26,28). The molecule has 3 nitrogen and oxygen atoms in total. The van der Waals surface area contributed by atoms with Gasteiger partial charge in [0.15, 0.2) is 0 Å². The van der Waals surface area contributed by atoms with Crippen molar-refractivity contribution in [3.8, 4) is 0 Å². The van der Waals surface area contributed by atoms with E-state index >= 15 is 0 Å². The topological polar surface area (TPSA) is 32.3 Å². The molecule has 0 saturated carbocycles. The first-order chi connectivity index (χ1) is 13.8. The van der Waals surface area contributed by atoms with Crippen molar-refractivity contribution in [2.45, 2.75) is 46.1 Å². The number of likely N-dealkylation sites (tertiary alicyclic amines) is 1. The van der Waals surface area contributed by atoms with Crippen molar-refractivity contribution in [3.05, 3.63) is 55.7 Å². The van der Waals surface area contributed by atoms with Crippen LogP contribution in [0.4, 0.5) is 0 Å². The van der Waals surface area contributed by atoms with Crippen LogP contribution >= 0.6 is 34.5 Å². The molecule has 1 amide bonds. The van der Waals surface area contributed by atoms with Crippen molar-refractivity contribution in [1.29, 1.82) is 0 Å². The Balaban J connectivity index is 1.51. The molecular weight excluding hydrogens is 423 g/mol. The second-order valence-corrected chi connectivity index (χ2v) is 10.5. The summed E-state index contributed by atoms with van der Waals surface area (Å²) in [6.45, 7) is 9.40. The molecule has 1 atom stereocenters. The lowest BCUT2D eigenvalue weighted by Crippen LogP contribution is -2.48. The van der Waals surface area contributed by atoms with Crippen molar-refractivity contribution in [2.24, 2.45) is 11.8 Å². The lowest BCUT2D eigenvalue weighted by atomic mass is 9.89. The van der Waals surface area contributed by atoms with Gasteiger partial charge in [0.2, 0.25) is 0 Å². The number of aryl methyl sites for hydroxylation is 1. The normalized spacial score (nSPS) is 16.9. The Bertz CT molecular complexity index is 828. The minimum absolute atomic E-state index is 0.0484. The predicted octanol–water partition coefficient (Wildman–Crippen LogP) is 6.07. The molecule has 2 heterocycles. The zero-order valence-corrected chi connectivity index (χ0v) is 19.7. The molecule has 3 rings (SSSR count). The van der Waals surface area contributed by atoms with Gasteiger partial charge in [0.05, 0.1) is 14.9 Å². The van der Waals surface area contributed by atoms with Gasteiger partial charge in [0.25, 0.3) is 5.91 Å². The van der Waals surface area contributed by atoms with E-state index in [4.69, 9.17) is 23.2 Å². The highest BCUT2D eigenvalue weighted by molar-refractivity contribution is 7.13. The van der Waals surface area contributed by atoms with E-state index in [-0.39, 0.29) is 11.9 Å². The molecule has 2 aromatic rings. The first-order valence-electron chi connectivity index (χ1n) is 10.4. The summed E-state index contributed by atoms with van der Waals surface area (Å²) in [5, 5.41) is 4.59. The first kappa shape index (κ1) is 22.6. The molecule has 1 saturated heterocycles. The molecule has 1 unspecified atom stereocenters. The molecule has 1 aliphatic heterocycles. The molecule has 6 heteroatoms. The summed E-state index contributed by atoms with van der Waals surface area (Å²) in [5.41, 5.74) is 1.15. The molecule has 1 N–H and O–H groups in total. The van der Waals surface area contributed by atoms with Crippen LogP contribution in [0, 0.1) is 18.8 Å². The van der Waals surface area contributed by atoms with E-state index in [9.17, 15) is 4.79 Å². The number of nitrogens with one attached hydrogen (secondary N) is 1. The number of hydrogen-bond acceptors (Lipinski definition) is 3. The van der Waals surface area contributed by atoms with Crippen molar-refractivity contribution < 1.29 is 4.79 Å². The van der Waals surface area contributed by atoms with Crippen molar-refractivity contribution >= 4 is 40.4 Å². The lowest BCUT2D eigenvalue weighted by molar-refractivity contribution is 0.0897. The van der Waals surface area contributed by atoms with Gasteiger partial charge in [-0.2, -0.15) is 0 Å². The fourth-order valence-corrected chi connectivity index (χ4v) is 5.06. The Kier molecular flexibility index (Phi) is 8.03. The third-order valence-electron chi connectivity index (χ3n) is 5.79. The van der Waals surface area contributed by atoms with Gasteiger partial charge >= 0.3 is 0 Å². The van der Waals surface area contributed by atoms with Gasteiger partial charge in [-0.15, -0.1) is 11.3 Å². The summed E-state index contributed by atoms with van der Waals surface area (Å²) >= 11 is 14.1. The van der Waals surface area contributed by atoms with Gasteiger partial charge in [-0.05, 0) is 74.9 Å². The summed E-state index contributed by atoms with van der Waals surface area (Å²) in [6.07, 6.45) is 3.27. The van der Waals surface area contributed by atoms with Crippen molar-refractivity contribution in [1.82, 2.24) is 10.2 Å². The molecule has 1 aromatic carbocycles. The Hall–Kier alpha value is -1.07. The van der Waals surface area contributed by atoms with Crippen LogP contribution < -0.4 is 5.32 Å². The highest BCUT2D eigenvalue weighted by Crippen LogP contribution is 2.30. The highest BCUT2D eigenvalue weighted by Gasteiger charge is 2.25. The van der Waals surface area contributed by atoms with Crippen LogP contribution in [0.15, 0.2) is 30.3 Å². The van der Waals surface area contributed by atoms with E-state index in [1.54, 1.807) is 11.3 Å². The summed E-state index contributed by atoms with van der Waals surface area (Å²) in [7, 11) is 0. The van der Waals surface area contributed by atoms with Crippen molar-refractivity contribution in [3.63, 3.8) is 0 Å². The SMILES string of the molecule is Cc1ccc(C(=O)NC(CN2CCC(Cc3cccc(Cl)c3Cl)CC2)C(C)C)s1. The minimum atomic E-state index is 0.0484. The average Bonchev–Trinajstić information content (AvgIpc) is 3.13. The van der Waals surface area contributed by atoms with Crippen LogP contribution in [0.1, 0.15) is 46.8 Å². The van der Waals surface area contributed by atoms with Gasteiger partial charge in [0.1, 0.15) is 0 Å². The number of carbonyl (C=O) groups excluding carboxylic acids is 1. The van der Waals surface area contributed by atoms with Crippen LogP contribution in [0.5, 0.6) is 0 Å². The van der Waals surface area contributed by atoms with Gasteiger partial charge in [-0.3, -0.25) is 4.79 Å². The average molecular weight is 453 g/mol. The second-order valence-electron chi connectivity index (χ2n) is 8.40. The number of thiophene rings is 1. The van der Waals surface area contributed by atoms with Crippen molar-refractivity contribution in [2.75, 3.05) is 19.6 Å². The fraction of sp³-hybridized carbons (Fsp3) is 0.522. The van der Waals surface area contributed by atoms with E-state index in [2.05, 4.69) is 30.1 Å². The lowest BCUT2D eigenvalue weighted by Gasteiger charge is -2.35. The Morgan fingerprint density at radius 2 is 1.93 bits per heavy atom.